The van der Waals surface area contributed by atoms with Gasteiger partial charge in [-0.05, 0) is 0 Å². The van der Waals surface area contributed by atoms with Crippen LogP contribution < -0.4 is 25.4 Å². The lowest BCUT2D eigenvalue weighted by molar-refractivity contribution is 0.0220. The highest BCUT2D eigenvalue weighted by atomic mass is 19.3. The highest BCUT2D eigenvalue weighted by Crippen LogP contribution is 2.36. The minimum Gasteiger partial charge on any atom is -0.494 e. The summed E-state index contributed by atoms with van der Waals surface area (Å²) >= 11 is 0. The Kier molecular flexibility index (Phi) is 6.27. The van der Waals surface area contributed by atoms with Crippen LogP contribution in [0.2, 0.25) is 0 Å². The largest absolute Gasteiger partial charge is 0.494 e. The molecule has 0 spiro atoms. The summed E-state index contributed by atoms with van der Waals surface area (Å²) in [5, 5.41) is 3.20. The first-order chi connectivity index (χ1) is 16.9. The number of amides is 1. The zero-order chi connectivity index (χ0) is 24.5. The van der Waals surface area contributed by atoms with Crippen molar-refractivity contribution in [1.82, 2.24) is 29.8 Å². The SMILES string of the molecule is COc1cc(OC(N)=O)cc2c1nc(C(F)F)n2-c1nc(C2CNCCO2)nc(N2CCOC2)n1. The number of alkyl halides is 2. The molecule has 0 saturated carbocycles. The molecule has 2 aromatic heterocycles. The molecular formula is C20H22F2N8O5. The van der Waals surface area contributed by atoms with Gasteiger partial charge in [-0.3, -0.25) is 4.57 Å². The third-order valence-electron chi connectivity index (χ3n) is 5.44. The Morgan fingerprint density at radius 2 is 2.06 bits per heavy atom. The van der Waals surface area contributed by atoms with Crippen molar-refractivity contribution in [2.75, 3.05) is 51.6 Å². The van der Waals surface area contributed by atoms with Crippen LogP contribution in [-0.4, -0.2) is 77.3 Å². The highest BCUT2D eigenvalue weighted by Gasteiger charge is 2.29. The van der Waals surface area contributed by atoms with Gasteiger partial charge in [0.15, 0.2) is 11.6 Å². The van der Waals surface area contributed by atoms with Gasteiger partial charge in [0.25, 0.3) is 6.43 Å². The molecule has 0 aliphatic carbocycles. The fraction of sp³-hybridized carbons (Fsp3) is 0.450. The van der Waals surface area contributed by atoms with Crippen LogP contribution in [0.15, 0.2) is 12.1 Å². The lowest BCUT2D eigenvalue weighted by atomic mass is 10.2. The number of rotatable bonds is 6. The van der Waals surface area contributed by atoms with Crippen LogP contribution in [0.25, 0.3) is 17.0 Å². The fourth-order valence-electron chi connectivity index (χ4n) is 3.88. The number of hydrogen-bond donors (Lipinski definition) is 2. The van der Waals surface area contributed by atoms with Crippen LogP contribution in [0.5, 0.6) is 11.5 Å². The van der Waals surface area contributed by atoms with Crippen LogP contribution in [-0.2, 0) is 9.47 Å². The summed E-state index contributed by atoms with van der Waals surface area (Å²) in [6, 6.07) is 2.66. The quantitative estimate of drug-likeness (QED) is 0.508. The van der Waals surface area contributed by atoms with Gasteiger partial charge in [0, 0.05) is 31.8 Å². The number of nitrogens with zero attached hydrogens (tertiary/aromatic N) is 6. The second-order valence-corrected chi connectivity index (χ2v) is 7.68. The Bertz CT molecular complexity index is 1240. The fourth-order valence-corrected chi connectivity index (χ4v) is 3.88. The van der Waals surface area contributed by atoms with Gasteiger partial charge < -0.3 is 34.9 Å². The molecule has 0 radical (unpaired) electrons. The molecule has 2 aliphatic heterocycles. The van der Waals surface area contributed by atoms with Gasteiger partial charge in [-0.1, -0.05) is 0 Å². The number of hydrogen-bond acceptors (Lipinski definition) is 11. The Morgan fingerprint density at radius 1 is 1.23 bits per heavy atom. The first kappa shape index (κ1) is 23.1. The number of methoxy groups -OCH3 is 1. The first-order valence-corrected chi connectivity index (χ1v) is 10.7. The first-order valence-electron chi connectivity index (χ1n) is 10.7. The number of carbonyl (C=O) groups is 1. The molecule has 1 unspecified atom stereocenters. The maximum atomic E-state index is 14.2. The number of nitrogens with two attached hydrogens (primary N) is 1. The summed E-state index contributed by atoms with van der Waals surface area (Å²) in [6.45, 7) is 2.78. The number of ether oxygens (including phenoxy) is 4. The molecule has 4 heterocycles. The Hall–Kier alpha value is -3.69. The van der Waals surface area contributed by atoms with Gasteiger partial charge in [0.1, 0.15) is 29.9 Å². The van der Waals surface area contributed by atoms with Crippen LogP contribution in [0.4, 0.5) is 19.5 Å². The number of nitrogens with one attached hydrogen (secondary N) is 1. The third kappa shape index (κ3) is 4.52. The molecule has 13 nitrogen and oxygen atoms in total. The van der Waals surface area contributed by atoms with E-state index >= 15 is 0 Å². The van der Waals surface area contributed by atoms with Crippen molar-refractivity contribution in [3.63, 3.8) is 0 Å². The van der Waals surface area contributed by atoms with Gasteiger partial charge in [0.2, 0.25) is 11.9 Å². The van der Waals surface area contributed by atoms with E-state index in [4.69, 9.17) is 24.7 Å². The average Bonchev–Trinajstić information content (AvgIpc) is 3.52. The lowest BCUT2D eigenvalue weighted by Crippen LogP contribution is -2.35. The molecule has 1 aromatic carbocycles. The minimum absolute atomic E-state index is 0.0222. The number of imidazole rings is 1. The lowest BCUT2D eigenvalue weighted by Gasteiger charge is -2.24. The standard InChI is InChI=1S/C20H22F2N8O5/c1-32-12-7-10(35-18(23)31)6-11-14(12)25-17(15(21)22)30(11)20-27-16(13-8-24-2-4-34-13)26-19(28-20)29-3-5-33-9-29/h6-7,13,15,24H,2-5,8-9H2,1H3,(H2,23,31). The van der Waals surface area contributed by atoms with Crippen molar-refractivity contribution in [3.05, 3.63) is 23.8 Å². The molecule has 0 bridgehead atoms. The molecule has 1 amide bonds. The number of carbonyl (C=O) groups excluding carboxylic acids is 1. The molecule has 5 rings (SSSR count). The van der Waals surface area contributed by atoms with E-state index in [1.54, 1.807) is 4.90 Å². The molecule has 186 valence electrons. The summed E-state index contributed by atoms with van der Waals surface area (Å²) in [5.74, 6) is -0.147. The summed E-state index contributed by atoms with van der Waals surface area (Å²) in [4.78, 5) is 30.6. The predicted octanol–water partition coefficient (Wildman–Crippen LogP) is 1.07. The van der Waals surface area contributed by atoms with E-state index in [-0.39, 0.29) is 47.0 Å². The summed E-state index contributed by atoms with van der Waals surface area (Å²) in [7, 11) is 1.34. The molecule has 3 aromatic rings. The van der Waals surface area contributed by atoms with Crippen LogP contribution in [0.1, 0.15) is 24.2 Å². The third-order valence-corrected chi connectivity index (χ3v) is 5.44. The zero-order valence-electron chi connectivity index (χ0n) is 18.6. The van der Waals surface area contributed by atoms with Gasteiger partial charge in [-0.25, -0.2) is 18.6 Å². The van der Waals surface area contributed by atoms with Gasteiger partial charge >= 0.3 is 6.09 Å². The van der Waals surface area contributed by atoms with E-state index < -0.39 is 24.4 Å². The normalized spacial score (nSPS) is 18.4. The van der Waals surface area contributed by atoms with Crippen LogP contribution in [0, 0.1) is 0 Å². The number of aromatic nitrogens is 5. The second kappa shape index (κ2) is 9.52. The van der Waals surface area contributed by atoms with Gasteiger partial charge in [-0.2, -0.15) is 15.0 Å². The molecule has 1 atom stereocenters. The van der Waals surface area contributed by atoms with E-state index in [1.807, 2.05) is 0 Å². The Balaban J connectivity index is 1.73. The highest BCUT2D eigenvalue weighted by molar-refractivity contribution is 5.86. The molecular weight excluding hydrogens is 470 g/mol. The second-order valence-electron chi connectivity index (χ2n) is 7.68. The maximum Gasteiger partial charge on any atom is 0.409 e. The number of anilines is 1. The minimum atomic E-state index is -2.99. The smallest absolute Gasteiger partial charge is 0.409 e. The van der Waals surface area contributed by atoms with E-state index in [0.717, 1.165) is 4.57 Å². The predicted molar refractivity (Wildman–Crippen MR) is 116 cm³/mol. The summed E-state index contributed by atoms with van der Waals surface area (Å²) in [5.41, 5.74) is 5.36. The Labute approximate surface area is 197 Å². The van der Waals surface area contributed by atoms with Crippen molar-refractivity contribution in [1.29, 1.82) is 0 Å². The van der Waals surface area contributed by atoms with Crippen LogP contribution in [0.3, 0.4) is 0 Å². The molecule has 2 aliphatic rings. The number of fused-ring (bicyclic) bond motifs is 1. The van der Waals surface area contributed by atoms with E-state index in [1.165, 1.54) is 19.2 Å². The van der Waals surface area contributed by atoms with E-state index in [9.17, 15) is 13.6 Å². The average molecular weight is 492 g/mol. The van der Waals surface area contributed by atoms with Crippen molar-refractivity contribution in [2.45, 2.75) is 12.5 Å². The van der Waals surface area contributed by atoms with Crippen molar-refractivity contribution in [2.24, 2.45) is 5.73 Å². The summed E-state index contributed by atoms with van der Waals surface area (Å²) in [6.07, 6.45) is -4.58. The number of primary amides is 1. The van der Waals surface area contributed by atoms with E-state index in [0.29, 0.717) is 32.8 Å². The Morgan fingerprint density at radius 3 is 2.71 bits per heavy atom. The van der Waals surface area contributed by atoms with Crippen molar-refractivity contribution < 1.29 is 32.5 Å². The van der Waals surface area contributed by atoms with E-state index in [2.05, 4.69) is 25.3 Å². The van der Waals surface area contributed by atoms with Crippen LogP contribution >= 0.6 is 0 Å². The zero-order valence-corrected chi connectivity index (χ0v) is 18.6. The van der Waals surface area contributed by atoms with Crippen molar-refractivity contribution in [3.8, 4) is 17.4 Å². The van der Waals surface area contributed by atoms with Gasteiger partial charge in [-0.15, -0.1) is 0 Å². The van der Waals surface area contributed by atoms with Crippen molar-refractivity contribution >= 4 is 23.1 Å². The molecule has 2 saturated heterocycles. The monoisotopic (exact) mass is 492 g/mol. The maximum absolute atomic E-state index is 14.2. The number of benzene rings is 1. The number of morpholine rings is 1. The van der Waals surface area contributed by atoms with Gasteiger partial charge in [0.05, 0.1) is 25.8 Å². The molecule has 3 N–H and O–H groups in total. The number of halogens is 2. The summed E-state index contributed by atoms with van der Waals surface area (Å²) < 4.78 is 50.9. The molecule has 15 heteroatoms. The molecule has 2 fully saturated rings. The topological polar surface area (TPSA) is 152 Å². The molecule has 35 heavy (non-hydrogen) atoms.